The summed E-state index contributed by atoms with van der Waals surface area (Å²) in [5.41, 5.74) is 3.29. The summed E-state index contributed by atoms with van der Waals surface area (Å²) in [5, 5.41) is 4.56. The summed E-state index contributed by atoms with van der Waals surface area (Å²) in [4.78, 5) is 19.8. The number of aldehydes is 1. The molecule has 122 valence electrons. The van der Waals surface area contributed by atoms with Gasteiger partial charge in [0.1, 0.15) is 18.1 Å². The first kappa shape index (κ1) is 16.9. The van der Waals surface area contributed by atoms with Gasteiger partial charge in [-0.05, 0) is 49.1 Å². The summed E-state index contributed by atoms with van der Waals surface area (Å²) >= 11 is 0. The monoisotopic (exact) mass is 313 g/mol. The zero-order valence-corrected chi connectivity index (χ0v) is 13.9. The third-order valence-corrected chi connectivity index (χ3v) is 3.51. The smallest absolute Gasteiger partial charge is 0.242 e. The Hall–Kier alpha value is -2.47. The predicted octanol–water partition coefficient (Wildman–Crippen LogP) is 2.74. The van der Waals surface area contributed by atoms with Crippen molar-refractivity contribution in [2.75, 3.05) is 10.3 Å². The maximum atomic E-state index is 11.2. The number of carbonyl (C=O) groups excluding carboxylic acids is 1. The zero-order valence-electron chi connectivity index (χ0n) is 13.9. The number of hydrazine groups is 1. The molecular formula is C17H23N5O. The van der Waals surface area contributed by atoms with E-state index in [1.165, 1.54) is 16.1 Å². The first-order valence-corrected chi connectivity index (χ1v) is 7.58. The van der Waals surface area contributed by atoms with Crippen molar-refractivity contribution in [2.45, 2.75) is 33.7 Å². The van der Waals surface area contributed by atoms with Crippen molar-refractivity contribution in [3.63, 3.8) is 0 Å². The third-order valence-electron chi connectivity index (χ3n) is 3.51. The molecule has 0 saturated carbocycles. The van der Waals surface area contributed by atoms with Crippen LogP contribution in [0.2, 0.25) is 0 Å². The molecule has 1 aromatic carbocycles. The number of aryl methyl sites for hydroxylation is 2. The molecule has 0 aliphatic heterocycles. The second-order valence-electron chi connectivity index (χ2n) is 6.02. The number of carbonyl (C=O) groups is 1. The number of anilines is 3. The van der Waals surface area contributed by atoms with Gasteiger partial charge in [-0.25, -0.2) is 10.8 Å². The molecule has 0 amide bonds. The number of aromatic nitrogens is 2. The lowest BCUT2D eigenvalue weighted by molar-refractivity contribution is -0.109. The van der Waals surface area contributed by atoms with E-state index in [0.717, 1.165) is 12.0 Å². The van der Waals surface area contributed by atoms with Crippen LogP contribution in [-0.2, 0) is 4.79 Å². The Bertz CT molecular complexity index is 666. The van der Waals surface area contributed by atoms with Gasteiger partial charge in [0.15, 0.2) is 0 Å². The molecule has 23 heavy (non-hydrogen) atoms. The van der Waals surface area contributed by atoms with E-state index in [1.807, 2.05) is 39.8 Å². The second-order valence-corrected chi connectivity index (χ2v) is 6.02. The van der Waals surface area contributed by atoms with Crippen LogP contribution in [-0.4, -0.2) is 22.3 Å². The molecule has 0 fully saturated rings. The molecule has 2 aromatic rings. The van der Waals surface area contributed by atoms with Crippen molar-refractivity contribution in [3.8, 4) is 0 Å². The molecular weight excluding hydrogens is 290 g/mol. The Balaban J connectivity index is 2.24. The fourth-order valence-corrected chi connectivity index (χ4v) is 2.41. The van der Waals surface area contributed by atoms with Crippen molar-refractivity contribution < 1.29 is 4.79 Å². The maximum absolute atomic E-state index is 11.2. The fourth-order valence-electron chi connectivity index (χ4n) is 2.41. The molecule has 0 unspecified atom stereocenters. The molecule has 1 atom stereocenters. The SMILES string of the molecule is Cc1cc(C)cc(Nc2ccnc(N(N)[C@@H](C=O)C(C)C)n2)c1. The van der Waals surface area contributed by atoms with E-state index in [4.69, 9.17) is 5.84 Å². The van der Waals surface area contributed by atoms with Gasteiger partial charge in [0.2, 0.25) is 5.95 Å². The number of rotatable bonds is 6. The van der Waals surface area contributed by atoms with Crippen LogP contribution in [0.1, 0.15) is 25.0 Å². The number of nitrogens with one attached hydrogen (secondary N) is 1. The third kappa shape index (κ3) is 4.26. The van der Waals surface area contributed by atoms with Crippen LogP contribution in [0, 0.1) is 19.8 Å². The van der Waals surface area contributed by atoms with Crippen LogP contribution in [0.15, 0.2) is 30.5 Å². The van der Waals surface area contributed by atoms with Crippen molar-refractivity contribution in [2.24, 2.45) is 11.8 Å². The van der Waals surface area contributed by atoms with Gasteiger partial charge < -0.3 is 10.1 Å². The highest BCUT2D eigenvalue weighted by atomic mass is 16.1. The van der Waals surface area contributed by atoms with Gasteiger partial charge in [0.25, 0.3) is 0 Å². The predicted molar refractivity (Wildman–Crippen MR) is 92.6 cm³/mol. The summed E-state index contributed by atoms with van der Waals surface area (Å²) < 4.78 is 0. The van der Waals surface area contributed by atoms with Gasteiger partial charge >= 0.3 is 0 Å². The normalized spacial score (nSPS) is 12.1. The van der Waals surface area contributed by atoms with Gasteiger partial charge in [-0.2, -0.15) is 4.98 Å². The highest BCUT2D eigenvalue weighted by Gasteiger charge is 2.21. The van der Waals surface area contributed by atoms with Crippen molar-refractivity contribution in [1.82, 2.24) is 9.97 Å². The van der Waals surface area contributed by atoms with Gasteiger partial charge in [-0.15, -0.1) is 0 Å². The van der Waals surface area contributed by atoms with Gasteiger partial charge in [0.05, 0.1) is 0 Å². The Kier molecular flexibility index (Phi) is 5.28. The van der Waals surface area contributed by atoms with Gasteiger partial charge in [-0.1, -0.05) is 19.9 Å². The topological polar surface area (TPSA) is 84.1 Å². The molecule has 1 heterocycles. The van der Waals surface area contributed by atoms with E-state index in [-0.39, 0.29) is 5.92 Å². The van der Waals surface area contributed by atoms with Crippen LogP contribution >= 0.6 is 0 Å². The van der Waals surface area contributed by atoms with Crippen molar-refractivity contribution in [1.29, 1.82) is 0 Å². The van der Waals surface area contributed by atoms with E-state index in [0.29, 0.717) is 11.8 Å². The summed E-state index contributed by atoms with van der Waals surface area (Å²) in [6.07, 6.45) is 2.44. The number of nitrogens with two attached hydrogens (primary N) is 1. The highest BCUT2D eigenvalue weighted by Crippen LogP contribution is 2.20. The molecule has 0 radical (unpaired) electrons. The van der Waals surface area contributed by atoms with Crippen LogP contribution in [0.25, 0.3) is 0 Å². The average Bonchev–Trinajstić information content (AvgIpc) is 2.46. The number of hydrogen-bond donors (Lipinski definition) is 2. The van der Waals surface area contributed by atoms with Crippen LogP contribution in [0.3, 0.4) is 0 Å². The molecule has 0 saturated heterocycles. The summed E-state index contributed by atoms with van der Waals surface area (Å²) in [6.45, 7) is 7.94. The Labute approximate surface area is 136 Å². The van der Waals surface area contributed by atoms with E-state index >= 15 is 0 Å². The molecule has 0 spiro atoms. The molecule has 6 heteroatoms. The summed E-state index contributed by atoms with van der Waals surface area (Å²) in [7, 11) is 0. The first-order chi connectivity index (χ1) is 10.9. The molecule has 0 aliphatic carbocycles. The lowest BCUT2D eigenvalue weighted by Crippen LogP contribution is -2.46. The molecule has 6 nitrogen and oxygen atoms in total. The lowest BCUT2D eigenvalue weighted by atomic mass is 10.1. The summed E-state index contributed by atoms with van der Waals surface area (Å²) in [6, 6.07) is 7.48. The van der Waals surface area contributed by atoms with Crippen LogP contribution < -0.4 is 16.2 Å². The number of benzene rings is 1. The quantitative estimate of drug-likeness (QED) is 0.484. The average molecular weight is 313 g/mol. The van der Waals surface area contributed by atoms with E-state index < -0.39 is 6.04 Å². The summed E-state index contributed by atoms with van der Waals surface area (Å²) in [5.74, 6) is 7.02. The van der Waals surface area contributed by atoms with Crippen LogP contribution in [0.5, 0.6) is 0 Å². The molecule has 0 bridgehead atoms. The van der Waals surface area contributed by atoms with Crippen LogP contribution in [0.4, 0.5) is 17.5 Å². The lowest BCUT2D eigenvalue weighted by Gasteiger charge is -2.25. The fraction of sp³-hybridized carbons (Fsp3) is 0.353. The van der Waals surface area contributed by atoms with Gasteiger partial charge in [0, 0.05) is 11.9 Å². The Morgan fingerprint density at radius 2 is 1.87 bits per heavy atom. The minimum absolute atomic E-state index is 0.0668. The molecule has 1 aromatic heterocycles. The minimum atomic E-state index is -0.466. The van der Waals surface area contributed by atoms with Crippen molar-refractivity contribution in [3.05, 3.63) is 41.6 Å². The largest absolute Gasteiger partial charge is 0.340 e. The van der Waals surface area contributed by atoms with E-state index in [1.54, 1.807) is 12.3 Å². The Morgan fingerprint density at radius 3 is 2.43 bits per heavy atom. The standard InChI is InChI=1S/C17H23N5O/c1-11(2)15(10-23)22(18)17-19-6-5-16(21-17)20-14-8-12(3)7-13(4)9-14/h5-11,15H,18H2,1-4H3,(H,19,20,21)/t15-/m0/s1. The number of nitrogens with zero attached hydrogens (tertiary/aromatic N) is 3. The van der Waals surface area contributed by atoms with E-state index in [9.17, 15) is 4.79 Å². The zero-order chi connectivity index (χ0) is 17.0. The van der Waals surface area contributed by atoms with E-state index in [2.05, 4.69) is 21.4 Å². The molecule has 0 aliphatic rings. The van der Waals surface area contributed by atoms with Crippen molar-refractivity contribution >= 4 is 23.7 Å². The second kappa shape index (κ2) is 7.19. The maximum Gasteiger partial charge on any atom is 0.242 e. The highest BCUT2D eigenvalue weighted by molar-refractivity contribution is 5.64. The molecule has 3 N–H and O–H groups in total. The minimum Gasteiger partial charge on any atom is -0.340 e. The Morgan fingerprint density at radius 1 is 1.22 bits per heavy atom. The van der Waals surface area contributed by atoms with Gasteiger partial charge in [-0.3, -0.25) is 5.01 Å². The number of hydrogen-bond acceptors (Lipinski definition) is 6. The first-order valence-electron chi connectivity index (χ1n) is 7.58. The molecule has 2 rings (SSSR count).